The molecule has 0 unspecified atom stereocenters. The van der Waals surface area contributed by atoms with E-state index in [0.717, 1.165) is 8.60 Å². The van der Waals surface area contributed by atoms with Gasteiger partial charge in [-0.25, -0.2) is 4.79 Å². The minimum atomic E-state index is -0.0707. The lowest BCUT2D eigenvalue weighted by molar-refractivity contribution is 0.201. The van der Waals surface area contributed by atoms with Crippen molar-refractivity contribution in [3.63, 3.8) is 0 Å². The SMILES string of the molecule is CCN(CC)C(=O)n1cc(I)c(Sc2c(C)cccc2C(C)C)n1. The van der Waals surface area contributed by atoms with Crippen LogP contribution in [0.25, 0.3) is 0 Å². The van der Waals surface area contributed by atoms with Gasteiger partial charge in [-0.3, -0.25) is 0 Å². The van der Waals surface area contributed by atoms with Crippen LogP contribution in [0.5, 0.6) is 0 Å². The van der Waals surface area contributed by atoms with Gasteiger partial charge in [0.1, 0.15) is 5.03 Å². The molecule has 0 saturated heterocycles. The summed E-state index contributed by atoms with van der Waals surface area (Å²) in [7, 11) is 0. The van der Waals surface area contributed by atoms with Gasteiger partial charge in [0.2, 0.25) is 0 Å². The highest BCUT2D eigenvalue weighted by molar-refractivity contribution is 14.1. The van der Waals surface area contributed by atoms with Crippen LogP contribution in [0, 0.1) is 10.5 Å². The number of hydrogen-bond donors (Lipinski definition) is 0. The Labute approximate surface area is 162 Å². The third kappa shape index (κ3) is 4.14. The van der Waals surface area contributed by atoms with Crippen LogP contribution in [0.1, 0.15) is 44.7 Å². The van der Waals surface area contributed by atoms with Crippen molar-refractivity contribution in [3.8, 4) is 0 Å². The second kappa shape index (κ2) is 8.38. The van der Waals surface area contributed by atoms with Gasteiger partial charge in [0, 0.05) is 18.0 Å². The Bertz CT molecular complexity index is 723. The highest BCUT2D eigenvalue weighted by Crippen LogP contribution is 2.37. The molecule has 2 rings (SSSR count). The fourth-order valence-corrected chi connectivity index (χ4v) is 4.33. The average molecular weight is 457 g/mol. The molecule has 0 saturated carbocycles. The van der Waals surface area contributed by atoms with Crippen LogP contribution in [0.3, 0.4) is 0 Å². The standard InChI is InChI=1S/C18H24IN3OS/c1-6-21(7-2)18(23)22-11-15(19)17(20-22)24-16-13(5)9-8-10-14(16)12(3)4/h8-12H,6-7H2,1-5H3. The minimum absolute atomic E-state index is 0.0707. The number of aryl methyl sites for hydroxylation is 1. The third-order valence-electron chi connectivity index (χ3n) is 3.93. The Hall–Kier alpha value is -1.02. The summed E-state index contributed by atoms with van der Waals surface area (Å²) < 4.78 is 2.46. The molecule has 24 heavy (non-hydrogen) atoms. The molecule has 0 aliphatic carbocycles. The number of rotatable bonds is 5. The number of nitrogens with zero attached hydrogens (tertiary/aromatic N) is 3. The molecule has 1 aromatic carbocycles. The van der Waals surface area contributed by atoms with Gasteiger partial charge >= 0.3 is 6.03 Å². The lowest BCUT2D eigenvalue weighted by Crippen LogP contribution is -2.34. The van der Waals surface area contributed by atoms with E-state index in [1.807, 2.05) is 20.0 Å². The molecule has 0 aliphatic rings. The molecule has 0 atom stereocenters. The fourth-order valence-electron chi connectivity index (χ4n) is 2.51. The van der Waals surface area contributed by atoms with Gasteiger partial charge in [-0.05, 0) is 60.4 Å². The van der Waals surface area contributed by atoms with Crippen molar-refractivity contribution in [1.29, 1.82) is 0 Å². The zero-order valence-corrected chi connectivity index (χ0v) is 17.8. The molecule has 130 valence electrons. The first-order chi connectivity index (χ1) is 11.4. The average Bonchev–Trinajstić information content (AvgIpc) is 2.91. The Balaban J connectivity index is 2.34. The van der Waals surface area contributed by atoms with Gasteiger partial charge in [0.25, 0.3) is 0 Å². The Morgan fingerprint density at radius 2 is 2.00 bits per heavy atom. The van der Waals surface area contributed by atoms with Gasteiger partial charge in [-0.1, -0.05) is 43.8 Å². The van der Waals surface area contributed by atoms with Crippen molar-refractivity contribution in [3.05, 3.63) is 39.1 Å². The van der Waals surface area contributed by atoms with Gasteiger partial charge in [0.05, 0.1) is 9.77 Å². The Morgan fingerprint density at radius 1 is 1.33 bits per heavy atom. The summed E-state index contributed by atoms with van der Waals surface area (Å²) in [5.74, 6) is 0.449. The van der Waals surface area contributed by atoms with E-state index in [0.29, 0.717) is 19.0 Å². The molecule has 0 spiro atoms. The summed E-state index contributed by atoms with van der Waals surface area (Å²) >= 11 is 3.91. The Morgan fingerprint density at radius 3 is 2.58 bits per heavy atom. The maximum atomic E-state index is 12.5. The summed E-state index contributed by atoms with van der Waals surface area (Å²) in [5.41, 5.74) is 2.56. The minimum Gasteiger partial charge on any atom is -0.323 e. The molecule has 0 radical (unpaired) electrons. The smallest absolute Gasteiger partial charge is 0.323 e. The normalized spacial score (nSPS) is 11.1. The summed E-state index contributed by atoms with van der Waals surface area (Å²) in [5, 5.41) is 5.43. The van der Waals surface area contributed by atoms with E-state index in [1.54, 1.807) is 16.7 Å². The van der Waals surface area contributed by atoms with Crippen molar-refractivity contribution >= 4 is 40.4 Å². The highest BCUT2D eigenvalue weighted by atomic mass is 127. The van der Waals surface area contributed by atoms with Crippen LogP contribution in [0.15, 0.2) is 34.3 Å². The van der Waals surface area contributed by atoms with Crippen molar-refractivity contribution in [2.45, 2.75) is 50.5 Å². The van der Waals surface area contributed by atoms with Gasteiger partial charge in [-0.15, -0.1) is 0 Å². The zero-order valence-electron chi connectivity index (χ0n) is 14.8. The molecule has 1 aromatic heterocycles. The van der Waals surface area contributed by atoms with E-state index in [-0.39, 0.29) is 6.03 Å². The maximum Gasteiger partial charge on any atom is 0.344 e. The fraction of sp³-hybridized carbons (Fsp3) is 0.444. The van der Waals surface area contributed by atoms with Crippen LogP contribution in [-0.2, 0) is 0 Å². The molecule has 4 nitrogen and oxygen atoms in total. The van der Waals surface area contributed by atoms with Gasteiger partial charge in [-0.2, -0.15) is 9.78 Å². The second-order valence-electron chi connectivity index (χ2n) is 5.93. The van der Waals surface area contributed by atoms with Crippen LogP contribution in [0.4, 0.5) is 4.79 Å². The predicted molar refractivity (Wildman–Crippen MR) is 108 cm³/mol. The molecule has 0 bridgehead atoms. The lowest BCUT2D eigenvalue weighted by atomic mass is 10.0. The molecule has 6 heteroatoms. The molecule has 1 amide bonds. The third-order valence-corrected chi connectivity index (χ3v) is 6.34. The largest absolute Gasteiger partial charge is 0.344 e. The summed E-state index contributed by atoms with van der Waals surface area (Å²) in [6, 6.07) is 6.32. The number of hydrogen-bond acceptors (Lipinski definition) is 3. The molecular formula is C18H24IN3OS. The Kier molecular flexibility index (Phi) is 6.74. The number of halogens is 1. The number of aromatic nitrogens is 2. The van der Waals surface area contributed by atoms with Gasteiger partial charge < -0.3 is 4.90 Å². The summed E-state index contributed by atoms with van der Waals surface area (Å²) in [6.07, 6.45) is 1.82. The molecule has 0 N–H and O–H groups in total. The van der Waals surface area contributed by atoms with E-state index >= 15 is 0 Å². The number of benzene rings is 1. The topological polar surface area (TPSA) is 38.1 Å². The summed E-state index contributed by atoms with van der Waals surface area (Å²) in [4.78, 5) is 15.5. The van der Waals surface area contributed by atoms with Crippen molar-refractivity contribution in [2.75, 3.05) is 13.1 Å². The van der Waals surface area contributed by atoms with Crippen molar-refractivity contribution in [2.24, 2.45) is 0 Å². The predicted octanol–water partition coefficient (Wildman–Crippen LogP) is 5.38. The number of carbonyl (C=O) groups excluding carboxylic acids is 1. The van der Waals surface area contributed by atoms with E-state index in [2.05, 4.69) is 66.7 Å². The van der Waals surface area contributed by atoms with E-state index < -0.39 is 0 Å². The van der Waals surface area contributed by atoms with Crippen LogP contribution in [0.2, 0.25) is 0 Å². The molecule has 0 aliphatic heterocycles. The van der Waals surface area contributed by atoms with Crippen LogP contribution in [-0.4, -0.2) is 33.8 Å². The van der Waals surface area contributed by atoms with Crippen molar-refractivity contribution in [1.82, 2.24) is 14.7 Å². The highest BCUT2D eigenvalue weighted by Gasteiger charge is 2.19. The van der Waals surface area contributed by atoms with E-state index in [9.17, 15) is 4.79 Å². The first-order valence-corrected chi connectivity index (χ1v) is 10.1. The van der Waals surface area contributed by atoms with E-state index in [1.165, 1.54) is 20.7 Å². The first-order valence-electron chi connectivity index (χ1n) is 8.20. The van der Waals surface area contributed by atoms with Crippen molar-refractivity contribution < 1.29 is 4.79 Å². The number of carbonyl (C=O) groups is 1. The van der Waals surface area contributed by atoms with Gasteiger partial charge in [0.15, 0.2) is 0 Å². The second-order valence-corrected chi connectivity index (χ2v) is 8.09. The van der Waals surface area contributed by atoms with Crippen LogP contribution < -0.4 is 0 Å². The van der Waals surface area contributed by atoms with Crippen LogP contribution >= 0.6 is 34.4 Å². The number of amides is 1. The zero-order chi connectivity index (χ0) is 17.9. The molecule has 1 heterocycles. The molecular weight excluding hydrogens is 433 g/mol. The quantitative estimate of drug-likeness (QED) is 0.566. The molecule has 2 aromatic rings. The maximum absolute atomic E-state index is 12.5. The lowest BCUT2D eigenvalue weighted by Gasteiger charge is -2.17. The first kappa shape index (κ1) is 19.3. The molecule has 0 fully saturated rings. The van der Waals surface area contributed by atoms with E-state index in [4.69, 9.17) is 0 Å². The summed E-state index contributed by atoms with van der Waals surface area (Å²) in [6.45, 7) is 11.9. The monoisotopic (exact) mass is 457 g/mol.